The number of fused-ring (bicyclic) bond motifs is 1. The molecule has 5 rings (SSSR count). The summed E-state index contributed by atoms with van der Waals surface area (Å²) < 4.78 is 5.23. The number of aromatic nitrogens is 9. The first-order chi connectivity index (χ1) is 13.6. The van der Waals surface area contributed by atoms with Gasteiger partial charge in [-0.25, -0.2) is 9.50 Å². The van der Waals surface area contributed by atoms with Crippen LogP contribution in [0.25, 0.3) is 28.2 Å². The lowest BCUT2D eigenvalue weighted by atomic mass is 10.2. The third-order valence-corrected chi connectivity index (χ3v) is 3.94. The van der Waals surface area contributed by atoms with Gasteiger partial charge in [-0.2, -0.15) is 15.3 Å². The molecule has 0 saturated heterocycles. The highest BCUT2D eigenvalue weighted by atomic mass is 15.3. The molecule has 0 spiro atoms. The van der Waals surface area contributed by atoms with Crippen LogP contribution in [0.1, 0.15) is 0 Å². The molecule has 0 bridgehead atoms. The van der Waals surface area contributed by atoms with E-state index >= 15 is 0 Å². The normalized spacial score (nSPS) is 10.6. The average molecular weight is 374 g/mol. The standard InChI is InChI=1S/C10H9N5.C8H9N5/c1-14-7-8(6-12-14)9-2-3-10-11-4-5-15(10)13-9;1-13-5-6(4-10-13)7-2-3-8(9)12-11-7/h2-7H,1H3;2-5H,1H3,(H2,9,12). The van der Waals surface area contributed by atoms with Crippen molar-refractivity contribution in [2.24, 2.45) is 14.1 Å². The lowest BCUT2D eigenvalue weighted by Crippen LogP contribution is -1.93. The van der Waals surface area contributed by atoms with Crippen molar-refractivity contribution in [2.75, 3.05) is 5.73 Å². The van der Waals surface area contributed by atoms with Gasteiger partial charge in [0.1, 0.15) is 5.82 Å². The second-order valence-corrected chi connectivity index (χ2v) is 6.10. The fraction of sp³-hybridized carbons (Fsp3) is 0.111. The Hall–Kier alpha value is -4.08. The van der Waals surface area contributed by atoms with Gasteiger partial charge in [-0.1, -0.05) is 0 Å². The molecule has 2 N–H and O–H groups in total. The van der Waals surface area contributed by atoms with E-state index < -0.39 is 0 Å². The van der Waals surface area contributed by atoms with Crippen LogP contribution in [-0.2, 0) is 14.1 Å². The Balaban J connectivity index is 0.000000139. The highest BCUT2D eigenvalue weighted by Crippen LogP contribution is 2.15. The van der Waals surface area contributed by atoms with E-state index in [-0.39, 0.29) is 0 Å². The Morgan fingerprint density at radius 3 is 2.11 bits per heavy atom. The van der Waals surface area contributed by atoms with Crippen LogP contribution in [0, 0.1) is 0 Å². The van der Waals surface area contributed by atoms with Gasteiger partial charge in [0, 0.05) is 50.0 Å². The Labute approximate surface area is 160 Å². The maximum absolute atomic E-state index is 5.42. The largest absolute Gasteiger partial charge is 0.382 e. The molecule has 0 aliphatic rings. The summed E-state index contributed by atoms with van der Waals surface area (Å²) in [6.07, 6.45) is 10.9. The van der Waals surface area contributed by atoms with Crippen molar-refractivity contribution in [1.29, 1.82) is 0 Å². The molecule has 0 aromatic carbocycles. The van der Waals surface area contributed by atoms with Crippen LogP contribution in [0.2, 0.25) is 0 Å². The molecule has 5 aromatic rings. The number of imidazole rings is 1. The molecule has 5 aromatic heterocycles. The summed E-state index contributed by atoms with van der Waals surface area (Å²) in [7, 11) is 3.74. The van der Waals surface area contributed by atoms with Crippen molar-refractivity contribution in [3.63, 3.8) is 0 Å². The molecule has 140 valence electrons. The van der Waals surface area contributed by atoms with E-state index in [4.69, 9.17) is 5.73 Å². The van der Waals surface area contributed by atoms with Gasteiger partial charge in [-0.15, -0.1) is 10.2 Å². The molecular formula is C18H18N10. The summed E-state index contributed by atoms with van der Waals surface area (Å²) in [5, 5.41) is 20.3. The summed E-state index contributed by atoms with van der Waals surface area (Å²) >= 11 is 0. The molecule has 0 saturated carbocycles. The number of hydrogen-bond donors (Lipinski definition) is 1. The molecule has 0 unspecified atom stereocenters. The first kappa shape index (κ1) is 17.3. The summed E-state index contributed by atoms with van der Waals surface area (Å²) in [6.45, 7) is 0. The number of hydrogen-bond acceptors (Lipinski definition) is 7. The highest BCUT2D eigenvalue weighted by Gasteiger charge is 2.03. The number of rotatable bonds is 2. The van der Waals surface area contributed by atoms with Crippen LogP contribution in [0.5, 0.6) is 0 Å². The third-order valence-electron chi connectivity index (χ3n) is 3.94. The lowest BCUT2D eigenvalue weighted by Gasteiger charge is -1.97. The first-order valence-corrected chi connectivity index (χ1v) is 8.46. The third kappa shape index (κ3) is 3.70. The monoisotopic (exact) mass is 374 g/mol. The Morgan fingerprint density at radius 1 is 0.821 bits per heavy atom. The molecule has 10 heteroatoms. The van der Waals surface area contributed by atoms with Gasteiger partial charge >= 0.3 is 0 Å². The predicted octanol–water partition coefficient (Wildman–Crippen LogP) is 1.59. The summed E-state index contributed by atoms with van der Waals surface area (Å²) in [5.74, 6) is 0.424. The molecule has 0 atom stereocenters. The van der Waals surface area contributed by atoms with Gasteiger partial charge in [0.2, 0.25) is 0 Å². The Bertz CT molecular complexity index is 1200. The van der Waals surface area contributed by atoms with Crippen molar-refractivity contribution in [1.82, 2.24) is 44.4 Å². The number of aryl methyl sites for hydroxylation is 2. The fourth-order valence-corrected chi connectivity index (χ4v) is 2.57. The average Bonchev–Trinajstić information content (AvgIpc) is 3.43. The van der Waals surface area contributed by atoms with Gasteiger partial charge < -0.3 is 5.73 Å². The van der Waals surface area contributed by atoms with Crippen molar-refractivity contribution in [3.8, 4) is 22.5 Å². The van der Waals surface area contributed by atoms with Gasteiger partial charge in [0.15, 0.2) is 5.65 Å². The van der Waals surface area contributed by atoms with Crippen LogP contribution >= 0.6 is 0 Å². The molecule has 0 radical (unpaired) electrons. The van der Waals surface area contributed by atoms with E-state index in [1.165, 1.54) is 0 Å². The van der Waals surface area contributed by atoms with E-state index in [2.05, 4.69) is 30.5 Å². The smallest absolute Gasteiger partial charge is 0.153 e. The van der Waals surface area contributed by atoms with Gasteiger partial charge in [0.05, 0.1) is 23.8 Å². The zero-order valence-electron chi connectivity index (χ0n) is 15.4. The minimum atomic E-state index is 0.424. The maximum Gasteiger partial charge on any atom is 0.153 e. The highest BCUT2D eigenvalue weighted by molar-refractivity contribution is 5.58. The van der Waals surface area contributed by atoms with Gasteiger partial charge in [0.25, 0.3) is 0 Å². The van der Waals surface area contributed by atoms with Crippen LogP contribution in [0.3, 0.4) is 0 Å². The molecule has 0 amide bonds. The zero-order valence-corrected chi connectivity index (χ0v) is 15.4. The second-order valence-electron chi connectivity index (χ2n) is 6.10. The van der Waals surface area contributed by atoms with E-state index in [0.717, 1.165) is 28.2 Å². The molecule has 5 heterocycles. The molecule has 0 fully saturated rings. The number of nitrogens with zero attached hydrogens (tertiary/aromatic N) is 9. The lowest BCUT2D eigenvalue weighted by molar-refractivity contribution is 0.768. The van der Waals surface area contributed by atoms with E-state index in [1.54, 1.807) is 38.5 Å². The minimum Gasteiger partial charge on any atom is -0.382 e. The maximum atomic E-state index is 5.42. The molecule has 0 aliphatic carbocycles. The second kappa shape index (κ2) is 7.27. The van der Waals surface area contributed by atoms with Gasteiger partial charge in [-0.05, 0) is 24.3 Å². The van der Waals surface area contributed by atoms with Crippen molar-refractivity contribution in [3.05, 3.63) is 61.4 Å². The summed E-state index contributed by atoms with van der Waals surface area (Å²) in [4.78, 5) is 4.14. The quantitative estimate of drug-likeness (QED) is 0.498. The molecule has 28 heavy (non-hydrogen) atoms. The van der Waals surface area contributed by atoms with E-state index in [9.17, 15) is 0 Å². The zero-order chi connectivity index (χ0) is 19.5. The number of anilines is 1. The van der Waals surface area contributed by atoms with Crippen LogP contribution in [-0.4, -0.2) is 44.4 Å². The van der Waals surface area contributed by atoms with Gasteiger partial charge in [-0.3, -0.25) is 9.36 Å². The Morgan fingerprint density at radius 2 is 1.50 bits per heavy atom. The van der Waals surface area contributed by atoms with Crippen LogP contribution in [0.15, 0.2) is 61.4 Å². The summed E-state index contributed by atoms with van der Waals surface area (Å²) in [6, 6.07) is 7.42. The number of nitrogen functional groups attached to an aromatic ring is 1. The fourth-order valence-electron chi connectivity index (χ4n) is 2.57. The molecule has 0 aliphatic heterocycles. The van der Waals surface area contributed by atoms with E-state index in [1.807, 2.05) is 50.9 Å². The molecular weight excluding hydrogens is 356 g/mol. The number of nitrogens with two attached hydrogens (primary N) is 1. The molecule has 10 nitrogen and oxygen atoms in total. The SMILES string of the molecule is Cn1cc(-c2ccc(N)nn2)cn1.Cn1cc(-c2ccc3nccn3n2)cn1. The van der Waals surface area contributed by atoms with Crippen molar-refractivity contribution in [2.45, 2.75) is 0 Å². The summed E-state index contributed by atoms with van der Waals surface area (Å²) in [5.41, 5.74) is 9.89. The topological polar surface area (TPSA) is 118 Å². The van der Waals surface area contributed by atoms with Crippen LogP contribution < -0.4 is 5.73 Å². The predicted molar refractivity (Wildman–Crippen MR) is 104 cm³/mol. The van der Waals surface area contributed by atoms with Crippen LogP contribution in [0.4, 0.5) is 5.82 Å². The minimum absolute atomic E-state index is 0.424. The first-order valence-electron chi connectivity index (χ1n) is 8.46. The van der Waals surface area contributed by atoms with Crippen molar-refractivity contribution >= 4 is 11.5 Å². The Kier molecular flexibility index (Phi) is 4.50. The van der Waals surface area contributed by atoms with Crippen molar-refractivity contribution < 1.29 is 0 Å². The van der Waals surface area contributed by atoms with E-state index in [0.29, 0.717) is 5.82 Å².